The third-order valence-electron chi connectivity index (χ3n) is 3.40. The van der Waals surface area contributed by atoms with Crippen LogP contribution in [0, 0.1) is 0 Å². The van der Waals surface area contributed by atoms with E-state index in [0.29, 0.717) is 12.1 Å². The summed E-state index contributed by atoms with van der Waals surface area (Å²) in [6, 6.07) is 1.93. The lowest BCUT2D eigenvalue weighted by molar-refractivity contribution is 0.0565. The first-order chi connectivity index (χ1) is 7.19. The summed E-state index contributed by atoms with van der Waals surface area (Å²) in [5.41, 5.74) is 0. The second-order valence-corrected chi connectivity index (χ2v) is 4.67. The maximum atomic E-state index is 5.25. The minimum absolute atomic E-state index is 0.537. The highest BCUT2D eigenvalue weighted by Gasteiger charge is 2.26. The average Bonchev–Trinajstić information content (AvgIpc) is 2.19. The first kappa shape index (κ1) is 12.9. The van der Waals surface area contributed by atoms with Crippen LogP contribution in [0.4, 0.5) is 0 Å². The lowest BCUT2D eigenvalue weighted by atomic mass is 9.98. The number of hydrogen-bond acceptors (Lipinski definition) is 3. The number of nitrogens with one attached hydrogen (secondary N) is 1. The van der Waals surface area contributed by atoms with Crippen LogP contribution in [0.5, 0.6) is 0 Å². The van der Waals surface area contributed by atoms with Gasteiger partial charge in [0.05, 0.1) is 6.61 Å². The Morgan fingerprint density at radius 3 is 2.80 bits per heavy atom. The number of likely N-dealkylation sites (N-methyl/N-ethyl adjacent to an activating group) is 1. The van der Waals surface area contributed by atoms with Crippen LogP contribution in [0.3, 0.4) is 0 Å². The Bertz CT molecular complexity index is 175. The van der Waals surface area contributed by atoms with Crippen LogP contribution in [-0.2, 0) is 4.74 Å². The van der Waals surface area contributed by atoms with Crippen LogP contribution in [0.1, 0.15) is 33.6 Å². The van der Waals surface area contributed by atoms with Gasteiger partial charge in [-0.15, -0.1) is 0 Å². The van der Waals surface area contributed by atoms with Gasteiger partial charge < -0.3 is 10.1 Å². The van der Waals surface area contributed by atoms with Crippen LogP contribution >= 0.6 is 0 Å². The Kier molecular flexibility index (Phi) is 5.58. The highest BCUT2D eigenvalue weighted by Crippen LogP contribution is 2.17. The van der Waals surface area contributed by atoms with Gasteiger partial charge in [-0.2, -0.15) is 0 Å². The van der Waals surface area contributed by atoms with Crippen LogP contribution < -0.4 is 5.32 Å². The van der Waals surface area contributed by atoms with Gasteiger partial charge in [0.2, 0.25) is 0 Å². The molecule has 1 saturated heterocycles. The molecule has 3 atom stereocenters. The molecule has 3 heteroatoms. The van der Waals surface area contributed by atoms with Gasteiger partial charge in [0.1, 0.15) is 0 Å². The van der Waals surface area contributed by atoms with Crippen molar-refractivity contribution in [2.75, 3.05) is 26.8 Å². The van der Waals surface area contributed by atoms with E-state index < -0.39 is 0 Å². The summed E-state index contributed by atoms with van der Waals surface area (Å²) in [6.45, 7) is 9.91. The summed E-state index contributed by atoms with van der Waals surface area (Å²) in [5.74, 6) is 0. The molecule has 1 N–H and O–H groups in total. The molecule has 0 aliphatic carbocycles. The second-order valence-electron chi connectivity index (χ2n) is 4.67. The van der Waals surface area contributed by atoms with Crippen LogP contribution in [-0.4, -0.2) is 49.8 Å². The minimum Gasteiger partial charge on any atom is -0.383 e. The molecule has 0 radical (unpaired) electrons. The van der Waals surface area contributed by atoms with Crippen molar-refractivity contribution in [2.45, 2.75) is 51.7 Å². The molecule has 1 fully saturated rings. The molecule has 1 rings (SSSR count). The summed E-state index contributed by atoms with van der Waals surface area (Å²) < 4.78 is 5.25. The largest absolute Gasteiger partial charge is 0.383 e. The Balaban J connectivity index is 2.48. The van der Waals surface area contributed by atoms with E-state index >= 15 is 0 Å². The number of piperidine rings is 1. The molecule has 0 aromatic carbocycles. The van der Waals surface area contributed by atoms with E-state index in [9.17, 15) is 0 Å². The van der Waals surface area contributed by atoms with Crippen molar-refractivity contribution in [1.29, 1.82) is 0 Å². The van der Waals surface area contributed by atoms with Crippen molar-refractivity contribution in [1.82, 2.24) is 10.2 Å². The second kappa shape index (κ2) is 6.46. The van der Waals surface area contributed by atoms with Gasteiger partial charge in [0, 0.05) is 25.2 Å². The van der Waals surface area contributed by atoms with E-state index in [2.05, 4.69) is 31.0 Å². The van der Waals surface area contributed by atoms with Crippen LogP contribution in [0.25, 0.3) is 0 Å². The average molecular weight is 214 g/mol. The molecule has 3 unspecified atom stereocenters. The summed E-state index contributed by atoms with van der Waals surface area (Å²) in [4.78, 5) is 2.58. The number of ether oxygens (including phenoxy) is 1. The Labute approximate surface area is 94.2 Å². The molecule has 0 aromatic heterocycles. The van der Waals surface area contributed by atoms with Crippen molar-refractivity contribution in [2.24, 2.45) is 0 Å². The maximum absolute atomic E-state index is 5.25. The quantitative estimate of drug-likeness (QED) is 0.750. The monoisotopic (exact) mass is 214 g/mol. The smallest absolute Gasteiger partial charge is 0.0615 e. The number of hydrogen-bond donors (Lipinski definition) is 1. The molecule has 3 nitrogen and oxygen atoms in total. The molecule has 0 bridgehead atoms. The third kappa shape index (κ3) is 3.74. The van der Waals surface area contributed by atoms with E-state index in [0.717, 1.165) is 25.7 Å². The maximum Gasteiger partial charge on any atom is 0.0615 e. The lowest BCUT2D eigenvalue weighted by Crippen LogP contribution is -2.50. The summed E-state index contributed by atoms with van der Waals surface area (Å²) >= 11 is 0. The summed E-state index contributed by atoms with van der Waals surface area (Å²) in [6.07, 6.45) is 2.54. The molecular weight excluding hydrogens is 188 g/mol. The fourth-order valence-electron chi connectivity index (χ4n) is 2.67. The molecular formula is C12H26N2O. The minimum atomic E-state index is 0.537. The van der Waals surface area contributed by atoms with Crippen molar-refractivity contribution in [3.63, 3.8) is 0 Å². The molecule has 15 heavy (non-hydrogen) atoms. The van der Waals surface area contributed by atoms with Gasteiger partial charge in [-0.3, -0.25) is 4.90 Å². The van der Waals surface area contributed by atoms with Crippen LogP contribution in [0.2, 0.25) is 0 Å². The van der Waals surface area contributed by atoms with E-state index in [1.807, 2.05) is 0 Å². The summed E-state index contributed by atoms with van der Waals surface area (Å²) in [5, 5.41) is 3.50. The fraction of sp³-hybridized carbons (Fsp3) is 1.00. The summed E-state index contributed by atoms with van der Waals surface area (Å²) in [7, 11) is 1.79. The van der Waals surface area contributed by atoms with Crippen molar-refractivity contribution < 1.29 is 4.74 Å². The Morgan fingerprint density at radius 1 is 1.53 bits per heavy atom. The van der Waals surface area contributed by atoms with Gasteiger partial charge in [-0.05, 0) is 39.8 Å². The van der Waals surface area contributed by atoms with E-state index in [-0.39, 0.29) is 0 Å². The SMILES string of the molecule is CCN(C(C)COC)C1CCNC(C)C1. The van der Waals surface area contributed by atoms with Crippen LogP contribution in [0.15, 0.2) is 0 Å². The molecule has 1 aliphatic heterocycles. The molecule has 0 spiro atoms. The van der Waals surface area contributed by atoms with Crippen molar-refractivity contribution in [3.8, 4) is 0 Å². The zero-order valence-electron chi connectivity index (χ0n) is 10.6. The van der Waals surface area contributed by atoms with Gasteiger partial charge in [0.25, 0.3) is 0 Å². The highest BCUT2D eigenvalue weighted by atomic mass is 16.5. The molecule has 1 aliphatic rings. The van der Waals surface area contributed by atoms with E-state index in [1.165, 1.54) is 12.8 Å². The van der Waals surface area contributed by atoms with E-state index in [4.69, 9.17) is 4.74 Å². The topological polar surface area (TPSA) is 24.5 Å². The van der Waals surface area contributed by atoms with Crippen molar-refractivity contribution >= 4 is 0 Å². The predicted octanol–water partition coefficient (Wildman–Crippen LogP) is 1.48. The predicted molar refractivity (Wildman–Crippen MR) is 64.2 cm³/mol. The highest BCUT2D eigenvalue weighted by molar-refractivity contribution is 4.84. The fourth-order valence-corrected chi connectivity index (χ4v) is 2.67. The zero-order chi connectivity index (χ0) is 11.3. The van der Waals surface area contributed by atoms with E-state index in [1.54, 1.807) is 7.11 Å². The number of rotatable bonds is 5. The zero-order valence-corrected chi connectivity index (χ0v) is 10.6. The standard InChI is InChI=1S/C12H26N2O/c1-5-14(11(3)9-15-4)12-6-7-13-10(2)8-12/h10-13H,5-9H2,1-4H3. The number of methoxy groups -OCH3 is 1. The Hall–Kier alpha value is -0.120. The van der Waals surface area contributed by atoms with Gasteiger partial charge >= 0.3 is 0 Å². The van der Waals surface area contributed by atoms with Gasteiger partial charge in [-0.1, -0.05) is 6.92 Å². The normalized spacial score (nSPS) is 29.4. The van der Waals surface area contributed by atoms with Gasteiger partial charge in [0.15, 0.2) is 0 Å². The molecule has 0 aromatic rings. The molecule has 90 valence electrons. The van der Waals surface area contributed by atoms with Crippen molar-refractivity contribution in [3.05, 3.63) is 0 Å². The molecule has 1 heterocycles. The van der Waals surface area contributed by atoms with Gasteiger partial charge in [-0.25, -0.2) is 0 Å². The first-order valence-corrected chi connectivity index (χ1v) is 6.17. The first-order valence-electron chi connectivity index (χ1n) is 6.17. The molecule has 0 saturated carbocycles. The molecule has 0 amide bonds. The lowest BCUT2D eigenvalue weighted by Gasteiger charge is -2.39. The Morgan fingerprint density at radius 2 is 2.27 bits per heavy atom. The number of nitrogens with zero attached hydrogens (tertiary/aromatic N) is 1. The third-order valence-corrected chi connectivity index (χ3v) is 3.40.